The average Bonchev–Trinajstić information content (AvgIpc) is 2.62. The number of nitrogens with one attached hydrogen (secondary N) is 2. The standard InChI is InChI=1S/C17H16BrN3O4/c1-24-14-6-4-13(5-7-14)20-16(22)17(23)21-19-10-11-9-12(18)3-8-15(11)25-2/h3-10H,1-2H3,(H,20,22)(H,21,23)/b19-10-. The van der Waals surface area contributed by atoms with Gasteiger partial charge in [0.1, 0.15) is 11.5 Å². The SMILES string of the molecule is COc1ccc(NC(=O)C(=O)N/N=C\c2cc(Br)ccc2OC)cc1. The average molecular weight is 406 g/mol. The number of anilines is 1. The third-order valence-electron chi connectivity index (χ3n) is 3.12. The largest absolute Gasteiger partial charge is 0.497 e. The number of hydrazone groups is 1. The number of nitrogens with zero attached hydrogens (tertiary/aromatic N) is 1. The zero-order valence-electron chi connectivity index (χ0n) is 13.6. The van der Waals surface area contributed by atoms with Crippen LogP contribution < -0.4 is 20.2 Å². The summed E-state index contributed by atoms with van der Waals surface area (Å²) < 4.78 is 11.0. The van der Waals surface area contributed by atoms with E-state index < -0.39 is 11.8 Å². The van der Waals surface area contributed by atoms with Crippen molar-refractivity contribution < 1.29 is 19.1 Å². The van der Waals surface area contributed by atoms with Gasteiger partial charge in [0.15, 0.2) is 0 Å². The van der Waals surface area contributed by atoms with Gasteiger partial charge in [0, 0.05) is 15.7 Å². The molecule has 0 unspecified atom stereocenters. The molecule has 130 valence electrons. The van der Waals surface area contributed by atoms with E-state index in [4.69, 9.17) is 9.47 Å². The summed E-state index contributed by atoms with van der Waals surface area (Å²) in [6.07, 6.45) is 1.39. The van der Waals surface area contributed by atoms with Crippen LogP contribution in [-0.4, -0.2) is 32.2 Å². The third-order valence-corrected chi connectivity index (χ3v) is 3.61. The van der Waals surface area contributed by atoms with Crippen molar-refractivity contribution in [2.75, 3.05) is 19.5 Å². The summed E-state index contributed by atoms with van der Waals surface area (Å²) in [4.78, 5) is 23.6. The van der Waals surface area contributed by atoms with Gasteiger partial charge in [-0.1, -0.05) is 15.9 Å². The van der Waals surface area contributed by atoms with E-state index in [0.717, 1.165) is 4.47 Å². The van der Waals surface area contributed by atoms with Gasteiger partial charge in [0.2, 0.25) is 0 Å². The number of carbonyl (C=O) groups is 2. The molecular weight excluding hydrogens is 390 g/mol. The molecule has 0 heterocycles. The normalized spacial score (nSPS) is 10.4. The summed E-state index contributed by atoms with van der Waals surface area (Å²) in [7, 11) is 3.07. The molecule has 2 rings (SSSR count). The number of methoxy groups -OCH3 is 2. The molecule has 2 aromatic rings. The van der Waals surface area contributed by atoms with Gasteiger partial charge in [-0.05, 0) is 42.5 Å². The number of benzene rings is 2. The highest BCUT2D eigenvalue weighted by Gasteiger charge is 2.13. The first-order valence-corrected chi connectivity index (χ1v) is 7.94. The quantitative estimate of drug-likeness (QED) is 0.454. The Kier molecular flexibility index (Phi) is 6.53. The topological polar surface area (TPSA) is 89.0 Å². The van der Waals surface area contributed by atoms with Gasteiger partial charge in [-0.15, -0.1) is 0 Å². The predicted molar refractivity (Wildman–Crippen MR) is 98.1 cm³/mol. The maximum Gasteiger partial charge on any atom is 0.329 e. The second kappa shape index (κ2) is 8.84. The van der Waals surface area contributed by atoms with Crippen molar-refractivity contribution in [2.45, 2.75) is 0 Å². The van der Waals surface area contributed by atoms with Crippen LogP contribution in [0, 0.1) is 0 Å². The molecule has 8 heteroatoms. The molecule has 7 nitrogen and oxygen atoms in total. The van der Waals surface area contributed by atoms with Crippen LogP contribution >= 0.6 is 15.9 Å². The molecule has 25 heavy (non-hydrogen) atoms. The van der Waals surface area contributed by atoms with E-state index in [1.54, 1.807) is 43.5 Å². The monoisotopic (exact) mass is 405 g/mol. The molecule has 0 bridgehead atoms. The van der Waals surface area contributed by atoms with E-state index in [9.17, 15) is 9.59 Å². The summed E-state index contributed by atoms with van der Waals surface area (Å²) in [5.74, 6) is -0.483. The molecule has 0 aliphatic heterocycles. The Balaban J connectivity index is 1.94. The first-order valence-electron chi connectivity index (χ1n) is 7.15. The van der Waals surface area contributed by atoms with Crippen LogP contribution in [0.15, 0.2) is 52.0 Å². The molecule has 2 aromatic carbocycles. The van der Waals surface area contributed by atoms with Crippen LogP contribution in [0.2, 0.25) is 0 Å². The van der Waals surface area contributed by atoms with Crippen LogP contribution in [0.5, 0.6) is 11.5 Å². The molecule has 0 saturated heterocycles. The van der Waals surface area contributed by atoms with Crippen molar-refractivity contribution in [3.05, 3.63) is 52.5 Å². The van der Waals surface area contributed by atoms with Crippen molar-refractivity contribution in [1.29, 1.82) is 0 Å². The summed E-state index contributed by atoms with van der Waals surface area (Å²) >= 11 is 3.34. The van der Waals surface area contributed by atoms with Gasteiger partial charge in [-0.3, -0.25) is 9.59 Å². The van der Waals surface area contributed by atoms with Gasteiger partial charge in [-0.2, -0.15) is 5.10 Å². The Hall–Kier alpha value is -2.87. The number of carbonyl (C=O) groups excluding carboxylic acids is 2. The first-order chi connectivity index (χ1) is 12.0. The minimum Gasteiger partial charge on any atom is -0.497 e. The lowest BCUT2D eigenvalue weighted by Gasteiger charge is -2.06. The van der Waals surface area contributed by atoms with Gasteiger partial charge < -0.3 is 14.8 Å². The first kappa shape index (κ1) is 18.5. The highest BCUT2D eigenvalue weighted by atomic mass is 79.9. The maximum atomic E-state index is 11.8. The minimum absolute atomic E-state index is 0.471. The summed E-state index contributed by atoms with van der Waals surface area (Å²) in [5, 5.41) is 6.24. The molecule has 0 atom stereocenters. The Labute approximate surface area is 153 Å². The van der Waals surface area contributed by atoms with E-state index in [0.29, 0.717) is 22.7 Å². The highest BCUT2D eigenvalue weighted by Crippen LogP contribution is 2.21. The Morgan fingerprint density at radius 1 is 1.04 bits per heavy atom. The zero-order chi connectivity index (χ0) is 18.2. The van der Waals surface area contributed by atoms with E-state index in [1.807, 2.05) is 6.07 Å². The lowest BCUT2D eigenvalue weighted by molar-refractivity contribution is -0.136. The van der Waals surface area contributed by atoms with E-state index >= 15 is 0 Å². The number of hydrogen-bond donors (Lipinski definition) is 2. The number of hydrogen-bond acceptors (Lipinski definition) is 5. The van der Waals surface area contributed by atoms with Crippen LogP contribution in [0.25, 0.3) is 0 Å². The maximum absolute atomic E-state index is 11.8. The summed E-state index contributed by atoms with van der Waals surface area (Å²) in [6.45, 7) is 0. The summed E-state index contributed by atoms with van der Waals surface area (Å²) in [5.41, 5.74) is 3.28. The molecule has 0 fully saturated rings. The lowest BCUT2D eigenvalue weighted by Crippen LogP contribution is -2.32. The Morgan fingerprint density at radius 3 is 2.40 bits per heavy atom. The van der Waals surface area contributed by atoms with Crippen molar-refractivity contribution in [1.82, 2.24) is 5.43 Å². The van der Waals surface area contributed by atoms with E-state index in [-0.39, 0.29) is 0 Å². The van der Waals surface area contributed by atoms with Crippen LogP contribution in [0.3, 0.4) is 0 Å². The molecule has 0 aliphatic rings. The number of amides is 2. The van der Waals surface area contributed by atoms with Crippen molar-refractivity contribution in [2.24, 2.45) is 5.10 Å². The van der Waals surface area contributed by atoms with E-state index in [2.05, 4.69) is 31.8 Å². The smallest absolute Gasteiger partial charge is 0.329 e. The molecule has 0 aliphatic carbocycles. The third kappa shape index (κ3) is 5.32. The van der Waals surface area contributed by atoms with Crippen LogP contribution in [-0.2, 0) is 9.59 Å². The fraction of sp³-hybridized carbons (Fsp3) is 0.118. The molecule has 0 aromatic heterocycles. The Bertz CT molecular complexity index is 791. The van der Waals surface area contributed by atoms with Crippen molar-refractivity contribution in [3.8, 4) is 11.5 Å². The molecular formula is C17H16BrN3O4. The van der Waals surface area contributed by atoms with Crippen molar-refractivity contribution in [3.63, 3.8) is 0 Å². The predicted octanol–water partition coefficient (Wildman–Crippen LogP) is 2.56. The second-order valence-corrected chi connectivity index (χ2v) is 5.68. The van der Waals surface area contributed by atoms with Gasteiger partial charge in [0.05, 0.1) is 20.4 Å². The number of rotatable bonds is 5. The van der Waals surface area contributed by atoms with Gasteiger partial charge >= 0.3 is 11.8 Å². The lowest BCUT2D eigenvalue weighted by atomic mass is 10.2. The fourth-order valence-corrected chi connectivity index (χ4v) is 2.26. The molecule has 0 saturated carbocycles. The van der Waals surface area contributed by atoms with Crippen LogP contribution in [0.4, 0.5) is 5.69 Å². The van der Waals surface area contributed by atoms with Gasteiger partial charge in [0.25, 0.3) is 0 Å². The van der Waals surface area contributed by atoms with Crippen molar-refractivity contribution >= 4 is 39.6 Å². The highest BCUT2D eigenvalue weighted by molar-refractivity contribution is 9.10. The minimum atomic E-state index is -0.888. The number of ether oxygens (including phenoxy) is 2. The second-order valence-electron chi connectivity index (χ2n) is 4.77. The molecule has 0 radical (unpaired) electrons. The molecule has 2 amide bonds. The van der Waals surface area contributed by atoms with Crippen LogP contribution in [0.1, 0.15) is 5.56 Å². The van der Waals surface area contributed by atoms with Gasteiger partial charge in [-0.25, -0.2) is 5.43 Å². The van der Waals surface area contributed by atoms with E-state index in [1.165, 1.54) is 13.3 Å². The fourth-order valence-electron chi connectivity index (χ4n) is 1.88. The number of halogens is 1. The summed E-state index contributed by atoms with van der Waals surface area (Å²) in [6, 6.07) is 11.9. The molecule has 0 spiro atoms. The Morgan fingerprint density at radius 2 is 1.76 bits per heavy atom. The molecule has 2 N–H and O–H groups in total. The zero-order valence-corrected chi connectivity index (χ0v) is 15.2.